The first-order valence-electron chi connectivity index (χ1n) is 10.6. The van der Waals surface area contributed by atoms with Crippen molar-refractivity contribution in [3.63, 3.8) is 0 Å². The second-order valence-electron chi connectivity index (χ2n) is 7.92. The van der Waals surface area contributed by atoms with E-state index in [1.165, 1.54) is 6.42 Å². The third kappa shape index (κ3) is 5.61. The highest BCUT2D eigenvalue weighted by molar-refractivity contribution is 7.18. The van der Waals surface area contributed by atoms with Crippen molar-refractivity contribution < 1.29 is 37.7 Å². The first kappa shape index (κ1) is 23.9. The lowest BCUT2D eigenvalue weighted by atomic mass is 9.88. The standard InChI is InChI=1S/C21H20F3N3O2S.CH2O3/c22-21(23,24)17-9-14-19(25-10-12-6-7-15-16(8-12)29-11-28-15)26-18(27-20(14)30-17)13-4-2-1-3-5-13;2-1(3)4/h6-9,13H,1-5,10-11H2,(H,25,26,27);(H2,2,3,4). The number of carbonyl (C=O) groups is 1. The minimum atomic E-state index is -4.40. The first-order chi connectivity index (χ1) is 16.2. The Morgan fingerprint density at radius 3 is 2.50 bits per heavy atom. The number of aromatic nitrogens is 2. The first-order valence-corrected chi connectivity index (χ1v) is 11.5. The Morgan fingerprint density at radius 2 is 1.79 bits per heavy atom. The number of carboxylic acid groups (broad SMARTS) is 2. The minimum Gasteiger partial charge on any atom is -0.454 e. The molecule has 0 amide bonds. The van der Waals surface area contributed by atoms with Crippen LogP contribution in [0.5, 0.6) is 11.5 Å². The summed E-state index contributed by atoms with van der Waals surface area (Å²) in [5, 5.41) is 17.6. The Bertz CT molecular complexity index is 1170. The van der Waals surface area contributed by atoms with Crippen molar-refractivity contribution in [1.29, 1.82) is 0 Å². The molecule has 1 fully saturated rings. The second kappa shape index (κ2) is 9.92. The maximum atomic E-state index is 13.3. The molecule has 0 saturated heterocycles. The van der Waals surface area contributed by atoms with Gasteiger partial charge in [-0.05, 0) is 36.6 Å². The van der Waals surface area contributed by atoms with Crippen molar-refractivity contribution in [1.82, 2.24) is 9.97 Å². The van der Waals surface area contributed by atoms with E-state index in [0.29, 0.717) is 51.2 Å². The van der Waals surface area contributed by atoms with Gasteiger partial charge in [0, 0.05) is 12.5 Å². The van der Waals surface area contributed by atoms with Crippen molar-refractivity contribution in [2.75, 3.05) is 12.1 Å². The smallest absolute Gasteiger partial charge is 0.454 e. The van der Waals surface area contributed by atoms with Gasteiger partial charge in [0.2, 0.25) is 6.79 Å². The van der Waals surface area contributed by atoms with Crippen LogP contribution in [0, 0.1) is 0 Å². The molecule has 1 aliphatic carbocycles. The van der Waals surface area contributed by atoms with Gasteiger partial charge in [-0.3, -0.25) is 0 Å². The van der Waals surface area contributed by atoms with Gasteiger partial charge in [0.1, 0.15) is 21.3 Å². The van der Waals surface area contributed by atoms with Crippen LogP contribution in [0.1, 0.15) is 54.3 Å². The van der Waals surface area contributed by atoms with Crippen LogP contribution >= 0.6 is 11.3 Å². The zero-order chi connectivity index (χ0) is 24.3. The fraction of sp³-hybridized carbons (Fsp3) is 0.409. The number of rotatable bonds is 4. The van der Waals surface area contributed by atoms with Gasteiger partial charge in [-0.2, -0.15) is 13.2 Å². The Labute approximate surface area is 196 Å². The molecule has 2 aromatic heterocycles. The number of nitrogens with one attached hydrogen (secondary N) is 1. The summed E-state index contributed by atoms with van der Waals surface area (Å²) in [6, 6.07) is 6.74. The molecule has 0 atom stereocenters. The van der Waals surface area contributed by atoms with E-state index in [0.717, 1.165) is 37.3 Å². The molecule has 182 valence electrons. The molecule has 1 aromatic carbocycles. The minimum absolute atomic E-state index is 0.193. The lowest BCUT2D eigenvalue weighted by molar-refractivity contribution is -0.134. The zero-order valence-corrected chi connectivity index (χ0v) is 18.7. The Hall–Kier alpha value is -3.28. The predicted octanol–water partition coefficient (Wildman–Crippen LogP) is 6.32. The quantitative estimate of drug-likeness (QED) is 0.384. The molecule has 1 saturated carbocycles. The zero-order valence-electron chi connectivity index (χ0n) is 17.9. The van der Waals surface area contributed by atoms with Gasteiger partial charge < -0.3 is 25.0 Å². The number of alkyl halides is 3. The number of nitrogens with zero attached hydrogens (tertiary/aromatic N) is 2. The monoisotopic (exact) mass is 497 g/mol. The molecule has 0 unspecified atom stereocenters. The number of halogens is 3. The molecule has 0 spiro atoms. The summed E-state index contributed by atoms with van der Waals surface area (Å²) in [6.45, 7) is 0.600. The number of hydrogen-bond acceptors (Lipinski definition) is 7. The summed E-state index contributed by atoms with van der Waals surface area (Å²) in [5.41, 5.74) is 0.927. The highest BCUT2D eigenvalue weighted by Crippen LogP contribution is 2.41. The molecule has 34 heavy (non-hydrogen) atoms. The van der Waals surface area contributed by atoms with Crippen LogP contribution in [0.3, 0.4) is 0 Å². The summed E-state index contributed by atoms with van der Waals surface area (Å²) >= 11 is 0.682. The molecule has 2 aliphatic rings. The molecular weight excluding hydrogens is 475 g/mol. The van der Waals surface area contributed by atoms with Crippen LogP contribution in [0.4, 0.5) is 23.8 Å². The third-order valence-electron chi connectivity index (χ3n) is 5.56. The van der Waals surface area contributed by atoms with E-state index in [4.69, 9.17) is 24.5 Å². The van der Waals surface area contributed by atoms with Crippen LogP contribution in [-0.4, -0.2) is 33.1 Å². The van der Waals surface area contributed by atoms with Crippen LogP contribution in [0.2, 0.25) is 0 Å². The van der Waals surface area contributed by atoms with Crippen LogP contribution in [-0.2, 0) is 12.7 Å². The fourth-order valence-corrected chi connectivity index (χ4v) is 4.90. The van der Waals surface area contributed by atoms with Gasteiger partial charge >= 0.3 is 12.3 Å². The van der Waals surface area contributed by atoms with Crippen molar-refractivity contribution in [3.8, 4) is 11.5 Å². The summed E-state index contributed by atoms with van der Waals surface area (Å²) in [7, 11) is 0. The molecule has 8 nitrogen and oxygen atoms in total. The molecule has 0 bridgehead atoms. The van der Waals surface area contributed by atoms with E-state index in [2.05, 4.69) is 15.3 Å². The number of thiophene rings is 1. The van der Waals surface area contributed by atoms with Crippen molar-refractivity contribution in [3.05, 3.63) is 40.5 Å². The van der Waals surface area contributed by atoms with Crippen molar-refractivity contribution in [2.45, 2.75) is 50.7 Å². The summed E-state index contributed by atoms with van der Waals surface area (Å²) in [4.78, 5) is 17.5. The topological polar surface area (TPSA) is 114 Å². The van der Waals surface area contributed by atoms with Gasteiger partial charge in [-0.25, -0.2) is 14.8 Å². The Morgan fingerprint density at radius 1 is 1.09 bits per heavy atom. The number of benzene rings is 1. The lowest BCUT2D eigenvalue weighted by Crippen LogP contribution is -2.11. The van der Waals surface area contributed by atoms with E-state index in [-0.39, 0.29) is 12.7 Å². The lowest BCUT2D eigenvalue weighted by Gasteiger charge is -2.21. The average molecular weight is 497 g/mol. The van der Waals surface area contributed by atoms with Crippen LogP contribution in [0.25, 0.3) is 10.2 Å². The van der Waals surface area contributed by atoms with E-state index < -0.39 is 17.2 Å². The molecule has 0 radical (unpaired) electrons. The molecule has 5 rings (SSSR count). The highest BCUT2D eigenvalue weighted by Gasteiger charge is 2.34. The number of hydrogen-bond donors (Lipinski definition) is 3. The maximum Gasteiger partial charge on any atom is 0.503 e. The molecular formula is C22H22F3N3O5S. The van der Waals surface area contributed by atoms with E-state index in [1.54, 1.807) is 0 Å². The molecule has 1 aliphatic heterocycles. The molecule has 3 heterocycles. The number of ether oxygens (including phenoxy) is 2. The van der Waals surface area contributed by atoms with Crippen LogP contribution < -0.4 is 14.8 Å². The number of fused-ring (bicyclic) bond motifs is 2. The molecule has 3 aromatic rings. The molecule has 12 heteroatoms. The second-order valence-corrected chi connectivity index (χ2v) is 8.95. The number of anilines is 1. The summed E-state index contributed by atoms with van der Waals surface area (Å²) in [5.74, 6) is 2.65. The van der Waals surface area contributed by atoms with E-state index in [1.807, 2.05) is 18.2 Å². The van der Waals surface area contributed by atoms with E-state index in [9.17, 15) is 13.2 Å². The normalized spacial score (nSPS) is 15.6. The van der Waals surface area contributed by atoms with Gasteiger partial charge in [0.25, 0.3) is 0 Å². The molecule has 3 N–H and O–H groups in total. The Balaban J connectivity index is 0.000000636. The summed E-state index contributed by atoms with van der Waals surface area (Å²) in [6.07, 6.45) is -0.889. The predicted molar refractivity (Wildman–Crippen MR) is 119 cm³/mol. The van der Waals surface area contributed by atoms with Gasteiger partial charge in [-0.1, -0.05) is 25.3 Å². The largest absolute Gasteiger partial charge is 0.503 e. The van der Waals surface area contributed by atoms with Crippen molar-refractivity contribution >= 4 is 33.5 Å². The summed E-state index contributed by atoms with van der Waals surface area (Å²) < 4.78 is 50.6. The SMILES string of the molecule is FC(F)(F)c1cc2c(NCc3ccc4c(c3)OCO4)nc(C3CCCCC3)nc2s1.O=C(O)O. The van der Waals surface area contributed by atoms with E-state index >= 15 is 0 Å². The fourth-order valence-electron chi connectivity index (χ4n) is 3.99. The Kier molecular flexibility index (Phi) is 6.96. The van der Waals surface area contributed by atoms with Crippen molar-refractivity contribution in [2.24, 2.45) is 0 Å². The van der Waals surface area contributed by atoms with Crippen LogP contribution in [0.15, 0.2) is 24.3 Å². The van der Waals surface area contributed by atoms with Gasteiger partial charge in [0.05, 0.1) is 5.39 Å². The maximum absolute atomic E-state index is 13.3. The highest BCUT2D eigenvalue weighted by atomic mass is 32.1. The van der Waals surface area contributed by atoms with Gasteiger partial charge in [-0.15, -0.1) is 11.3 Å². The average Bonchev–Trinajstić information content (AvgIpc) is 3.44. The third-order valence-corrected chi connectivity index (χ3v) is 6.63. The van der Waals surface area contributed by atoms with Gasteiger partial charge in [0.15, 0.2) is 11.5 Å².